The van der Waals surface area contributed by atoms with Crippen LogP contribution in [0.4, 0.5) is 0 Å². The monoisotopic (exact) mass is 307 g/mol. The Bertz CT molecular complexity index is 893. The molecule has 1 aromatic carbocycles. The van der Waals surface area contributed by atoms with Gasteiger partial charge in [-0.25, -0.2) is 4.98 Å². The maximum Gasteiger partial charge on any atom is 0.241 e. The van der Waals surface area contributed by atoms with Crippen molar-refractivity contribution < 1.29 is 9.53 Å². The molecule has 23 heavy (non-hydrogen) atoms. The van der Waals surface area contributed by atoms with Gasteiger partial charge in [0.15, 0.2) is 0 Å². The van der Waals surface area contributed by atoms with Gasteiger partial charge < -0.3 is 10.5 Å². The van der Waals surface area contributed by atoms with Crippen molar-refractivity contribution in [2.24, 2.45) is 5.73 Å². The molecule has 0 aliphatic carbocycles. The average molecular weight is 307 g/mol. The summed E-state index contributed by atoms with van der Waals surface area (Å²) in [6.07, 6.45) is 5.02. The first-order valence-electron chi connectivity index (χ1n) is 7.19. The zero-order chi connectivity index (χ0) is 16.4. The Morgan fingerprint density at radius 1 is 1.22 bits per heavy atom. The van der Waals surface area contributed by atoms with Crippen LogP contribution in [0.2, 0.25) is 0 Å². The van der Waals surface area contributed by atoms with Crippen molar-refractivity contribution in [3.8, 4) is 17.0 Å². The summed E-state index contributed by atoms with van der Waals surface area (Å²) < 4.78 is 7.14. The molecule has 0 saturated heterocycles. The molecule has 0 radical (unpaired) electrons. The molecule has 0 saturated carbocycles. The molecule has 0 aliphatic heterocycles. The van der Waals surface area contributed by atoms with Crippen LogP contribution in [-0.2, 0) is 4.79 Å². The van der Waals surface area contributed by atoms with Crippen LogP contribution in [0.15, 0.2) is 48.7 Å². The fourth-order valence-electron chi connectivity index (χ4n) is 2.45. The van der Waals surface area contributed by atoms with E-state index >= 15 is 0 Å². The van der Waals surface area contributed by atoms with Crippen LogP contribution in [0.5, 0.6) is 5.75 Å². The predicted octanol–water partition coefficient (Wildman–Crippen LogP) is 2.82. The lowest BCUT2D eigenvalue weighted by Crippen LogP contribution is -2.05. The molecule has 3 rings (SSSR count). The van der Waals surface area contributed by atoms with E-state index in [4.69, 9.17) is 10.5 Å². The number of amides is 1. The normalized spacial score (nSPS) is 11.2. The zero-order valence-electron chi connectivity index (χ0n) is 13.0. The Hall–Kier alpha value is -3.08. The van der Waals surface area contributed by atoms with Crippen LogP contribution in [0.1, 0.15) is 11.3 Å². The smallest absolute Gasteiger partial charge is 0.241 e. The van der Waals surface area contributed by atoms with E-state index in [1.807, 2.05) is 53.9 Å². The number of hydrogen-bond acceptors (Lipinski definition) is 3. The minimum absolute atomic E-state index is 0.492. The molecule has 0 aliphatic rings. The number of nitrogens with two attached hydrogens (primary N) is 1. The highest BCUT2D eigenvalue weighted by atomic mass is 16.5. The number of carbonyl (C=O) groups excluding carboxylic acids is 1. The van der Waals surface area contributed by atoms with Gasteiger partial charge in [0.1, 0.15) is 11.4 Å². The molecule has 0 bridgehead atoms. The molecule has 2 N–H and O–H groups in total. The van der Waals surface area contributed by atoms with E-state index in [1.54, 1.807) is 13.2 Å². The number of primary amides is 1. The van der Waals surface area contributed by atoms with E-state index in [0.717, 1.165) is 33.9 Å². The summed E-state index contributed by atoms with van der Waals surface area (Å²) in [5, 5.41) is 0. The minimum Gasteiger partial charge on any atom is -0.497 e. The number of imidazole rings is 1. The molecular weight excluding hydrogens is 290 g/mol. The van der Waals surface area contributed by atoms with Crippen LogP contribution in [0.25, 0.3) is 23.0 Å². The summed E-state index contributed by atoms with van der Waals surface area (Å²) in [6, 6.07) is 11.6. The molecule has 5 nitrogen and oxygen atoms in total. The molecule has 1 amide bonds. The van der Waals surface area contributed by atoms with E-state index < -0.39 is 5.91 Å². The molecule has 2 aromatic heterocycles. The van der Waals surface area contributed by atoms with Crippen molar-refractivity contribution in [2.45, 2.75) is 6.92 Å². The second kappa shape index (κ2) is 5.96. The third-order valence-corrected chi connectivity index (χ3v) is 3.57. The van der Waals surface area contributed by atoms with Gasteiger partial charge >= 0.3 is 0 Å². The number of ether oxygens (including phenoxy) is 1. The summed E-state index contributed by atoms with van der Waals surface area (Å²) in [7, 11) is 1.63. The van der Waals surface area contributed by atoms with Crippen molar-refractivity contribution in [1.29, 1.82) is 0 Å². The molecule has 116 valence electrons. The summed E-state index contributed by atoms with van der Waals surface area (Å²) in [6.45, 7) is 2.01. The van der Waals surface area contributed by atoms with Crippen molar-refractivity contribution in [2.75, 3.05) is 7.11 Å². The van der Waals surface area contributed by atoms with Gasteiger partial charge in [0.05, 0.1) is 18.5 Å². The van der Waals surface area contributed by atoms with Crippen molar-refractivity contribution in [3.05, 3.63) is 59.9 Å². The van der Waals surface area contributed by atoms with E-state index in [-0.39, 0.29) is 0 Å². The lowest BCUT2D eigenvalue weighted by molar-refractivity contribution is -0.113. The van der Waals surface area contributed by atoms with Gasteiger partial charge in [0.25, 0.3) is 0 Å². The molecular formula is C18H17N3O2. The van der Waals surface area contributed by atoms with Gasteiger partial charge in [-0.15, -0.1) is 0 Å². The molecule has 0 unspecified atom stereocenters. The number of carbonyl (C=O) groups is 1. The first-order valence-corrected chi connectivity index (χ1v) is 7.19. The molecule has 0 spiro atoms. The van der Waals surface area contributed by atoms with Gasteiger partial charge in [-0.1, -0.05) is 6.07 Å². The summed E-state index contributed by atoms with van der Waals surface area (Å²) in [5.41, 5.74) is 9.69. The van der Waals surface area contributed by atoms with Crippen molar-refractivity contribution in [1.82, 2.24) is 9.38 Å². The van der Waals surface area contributed by atoms with Crippen LogP contribution in [0.3, 0.4) is 0 Å². The first kappa shape index (κ1) is 14.8. The third kappa shape index (κ3) is 2.94. The predicted molar refractivity (Wildman–Crippen MR) is 90.1 cm³/mol. The van der Waals surface area contributed by atoms with Gasteiger partial charge in [-0.2, -0.15) is 0 Å². The largest absolute Gasteiger partial charge is 0.497 e. The number of fused-ring (bicyclic) bond motifs is 1. The zero-order valence-corrected chi connectivity index (χ0v) is 13.0. The van der Waals surface area contributed by atoms with E-state index in [1.165, 1.54) is 6.08 Å². The highest BCUT2D eigenvalue weighted by Gasteiger charge is 2.12. The van der Waals surface area contributed by atoms with Crippen molar-refractivity contribution in [3.63, 3.8) is 0 Å². The Balaban J connectivity index is 2.21. The Labute approximate surface area is 134 Å². The third-order valence-electron chi connectivity index (χ3n) is 3.57. The molecule has 5 heteroatoms. The Kier molecular flexibility index (Phi) is 3.85. The fourth-order valence-corrected chi connectivity index (χ4v) is 2.45. The number of hydrogen-bond donors (Lipinski definition) is 1. The minimum atomic E-state index is -0.492. The first-order chi connectivity index (χ1) is 11.1. The number of pyridine rings is 1. The lowest BCUT2D eigenvalue weighted by Gasteiger charge is -2.03. The van der Waals surface area contributed by atoms with E-state index in [9.17, 15) is 4.79 Å². The number of aromatic nitrogens is 2. The second-order valence-electron chi connectivity index (χ2n) is 5.24. The molecule has 2 heterocycles. The maximum atomic E-state index is 11.1. The number of nitrogens with zero attached hydrogens (tertiary/aromatic N) is 2. The van der Waals surface area contributed by atoms with Gasteiger partial charge in [0, 0.05) is 17.8 Å². The highest BCUT2D eigenvalue weighted by molar-refractivity contribution is 5.91. The summed E-state index contributed by atoms with van der Waals surface area (Å²) in [5.74, 6) is 0.288. The van der Waals surface area contributed by atoms with Crippen LogP contribution >= 0.6 is 0 Å². The van der Waals surface area contributed by atoms with Gasteiger partial charge in [-0.05, 0) is 48.9 Å². The standard InChI is InChI=1S/C18H17N3O2/c1-12-3-10-17-20-18(13-4-6-14(23-2)7-5-13)15(21(17)11-12)8-9-16(19)22/h3-11H,1-2H3,(H2,19,22)/b9-8-. The summed E-state index contributed by atoms with van der Waals surface area (Å²) in [4.78, 5) is 15.8. The number of aryl methyl sites for hydroxylation is 1. The summed E-state index contributed by atoms with van der Waals surface area (Å²) >= 11 is 0. The van der Waals surface area contributed by atoms with Crippen LogP contribution < -0.4 is 10.5 Å². The quantitative estimate of drug-likeness (QED) is 0.753. The Morgan fingerprint density at radius 2 is 1.96 bits per heavy atom. The highest BCUT2D eigenvalue weighted by Crippen LogP contribution is 2.27. The SMILES string of the molecule is COc1ccc(-c2nc3ccc(C)cn3c2/C=C\C(N)=O)cc1. The second-order valence-corrected chi connectivity index (χ2v) is 5.24. The van der Waals surface area contributed by atoms with Crippen LogP contribution in [0, 0.1) is 6.92 Å². The van der Waals surface area contributed by atoms with E-state index in [0.29, 0.717) is 0 Å². The number of methoxy groups -OCH3 is 1. The Morgan fingerprint density at radius 3 is 2.61 bits per heavy atom. The maximum absolute atomic E-state index is 11.1. The van der Waals surface area contributed by atoms with Crippen molar-refractivity contribution >= 4 is 17.6 Å². The lowest BCUT2D eigenvalue weighted by atomic mass is 10.1. The van der Waals surface area contributed by atoms with E-state index in [2.05, 4.69) is 4.98 Å². The van der Waals surface area contributed by atoms with Gasteiger partial charge in [-0.3, -0.25) is 9.20 Å². The molecule has 0 atom stereocenters. The average Bonchev–Trinajstić information content (AvgIpc) is 2.90. The fraction of sp³-hybridized carbons (Fsp3) is 0.111. The molecule has 3 aromatic rings. The topological polar surface area (TPSA) is 69.6 Å². The van der Waals surface area contributed by atoms with Crippen LogP contribution in [-0.4, -0.2) is 22.4 Å². The van der Waals surface area contributed by atoms with Gasteiger partial charge in [0.2, 0.25) is 5.91 Å². The number of rotatable bonds is 4. The molecule has 0 fully saturated rings. The number of benzene rings is 1.